The molecule has 0 fully saturated rings. The quantitative estimate of drug-likeness (QED) is 0.620. The second-order valence-electron chi connectivity index (χ2n) is 4.94. The van der Waals surface area contributed by atoms with Crippen LogP contribution in [-0.2, 0) is 9.47 Å². The molecule has 0 aliphatic heterocycles. The first-order valence-electron chi connectivity index (χ1n) is 6.87. The molecule has 0 N–H and O–H groups in total. The minimum Gasteiger partial charge on any atom is -0.463 e. The van der Waals surface area contributed by atoms with E-state index in [1.165, 1.54) is 11.8 Å². The number of benzene rings is 1. The summed E-state index contributed by atoms with van der Waals surface area (Å²) in [5.41, 5.74) is 1.53. The number of methoxy groups -OCH3 is 1. The summed E-state index contributed by atoms with van der Waals surface area (Å²) in [5, 5.41) is 4.09. The third-order valence-corrected chi connectivity index (χ3v) is 2.94. The summed E-state index contributed by atoms with van der Waals surface area (Å²) in [6.07, 6.45) is 0. The fourth-order valence-electron chi connectivity index (χ4n) is 1.89. The third-order valence-electron chi connectivity index (χ3n) is 2.94. The predicted octanol–water partition coefficient (Wildman–Crippen LogP) is 2.10. The molecule has 7 heteroatoms. The number of ether oxygens (including phenoxy) is 2. The number of rotatable bonds is 5. The number of para-hydroxylation sites is 1. The van der Waals surface area contributed by atoms with E-state index in [0.717, 1.165) is 5.57 Å². The fourth-order valence-corrected chi connectivity index (χ4v) is 1.89. The molecule has 0 bridgehead atoms. The van der Waals surface area contributed by atoms with Crippen molar-refractivity contribution in [1.29, 1.82) is 0 Å². The average Bonchev–Trinajstić information content (AvgIpc) is 2.93. The van der Waals surface area contributed by atoms with Crippen molar-refractivity contribution >= 4 is 11.9 Å². The zero-order chi connectivity index (χ0) is 17.0. The van der Waals surface area contributed by atoms with E-state index in [9.17, 15) is 9.59 Å². The Kier molecular flexibility index (Phi) is 4.90. The SMILES string of the molecule is C=C(C)COC(=O)c1ccccc1-n1nc(C(=O)OC)nc1C. The summed E-state index contributed by atoms with van der Waals surface area (Å²) in [5.74, 6) is -0.770. The molecule has 0 amide bonds. The number of carbonyl (C=O) groups is 2. The van der Waals surface area contributed by atoms with Gasteiger partial charge in [0.25, 0.3) is 5.82 Å². The van der Waals surface area contributed by atoms with Crippen molar-refractivity contribution in [3.8, 4) is 5.69 Å². The zero-order valence-corrected chi connectivity index (χ0v) is 13.2. The normalized spacial score (nSPS) is 10.2. The Hall–Kier alpha value is -2.96. The van der Waals surface area contributed by atoms with E-state index in [1.54, 1.807) is 38.1 Å². The Bertz CT molecular complexity index is 764. The number of aromatic nitrogens is 3. The highest BCUT2D eigenvalue weighted by molar-refractivity contribution is 5.93. The Labute approximate surface area is 133 Å². The van der Waals surface area contributed by atoms with Crippen LogP contribution in [0, 0.1) is 6.92 Å². The largest absolute Gasteiger partial charge is 0.463 e. The summed E-state index contributed by atoms with van der Waals surface area (Å²) >= 11 is 0. The van der Waals surface area contributed by atoms with Crippen LogP contribution in [-0.4, -0.2) is 40.4 Å². The molecule has 2 rings (SSSR count). The highest BCUT2D eigenvalue weighted by Gasteiger charge is 2.20. The highest BCUT2D eigenvalue weighted by Crippen LogP contribution is 2.17. The van der Waals surface area contributed by atoms with Gasteiger partial charge in [0.1, 0.15) is 12.4 Å². The van der Waals surface area contributed by atoms with Gasteiger partial charge in [-0.3, -0.25) is 0 Å². The Morgan fingerprint density at radius 1 is 1.26 bits per heavy atom. The molecular weight excluding hydrogens is 298 g/mol. The van der Waals surface area contributed by atoms with Crippen LogP contribution in [0.25, 0.3) is 5.69 Å². The molecule has 120 valence electrons. The van der Waals surface area contributed by atoms with Crippen molar-refractivity contribution in [2.45, 2.75) is 13.8 Å². The molecule has 0 radical (unpaired) electrons. The maximum atomic E-state index is 12.2. The first-order chi connectivity index (χ1) is 10.9. The molecular formula is C16H17N3O4. The zero-order valence-electron chi connectivity index (χ0n) is 13.2. The lowest BCUT2D eigenvalue weighted by Gasteiger charge is -2.10. The first-order valence-corrected chi connectivity index (χ1v) is 6.87. The standard InChI is InChI=1S/C16H17N3O4/c1-10(2)9-23-15(20)12-7-5-6-8-13(12)19-11(3)17-14(18-19)16(21)22-4/h5-8H,1,9H2,2-4H3. The van der Waals surface area contributed by atoms with Crippen molar-refractivity contribution in [3.63, 3.8) is 0 Å². The summed E-state index contributed by atoms with van der Waals surface area (Å²) in [6.45, 7) is 7.27. The van der Waals surface area contributed by atoms with Gasteiger partial charge in [-0.05, 0) is 31.6 Å². The minimum absolute atomic E-state index is 0.0740. The molecule has 0 unspecified atom stereocenters. The monoisotopic (exact) mass is 315 g/mol. The maximum Gasteiger partial charge on any atom is 0.377 e. The van der Waals surface area contributed by atoms with Gasteiger partial charge in [-0.2, -0.15) is 0 Å². The number of aryl methyl sites for hydroxylation is 1. The molecule has 0 saturated carbocycles. The van der Waals surface area contributed by atoms with Crippen LogP contribution in [0.2, 0.25) is 0 Å². The fraction of sp³-hybridized carbons (Fsp3) is 0.250. The van der Waals surface area contributed by atoms with Gasteiger partial charge in [0, 0.05) is 0 Å². The lowest BCUT2D eigenvalue weighted by molar-refractivity contribution is 0.0539. The second kappa shape index (κ2) is 6.87. The molecule has 0 aliphatic carbocycles. The number of hydrogen-bond acceptors (Lipinski definition) is 6. The van der Waals surface area contributed by atoms with Crippen LogP contribution in [0.1, 0.15) is 33.7 Å². The van der Waals surface area contributed by atoms with Gasteiger partial charge in [0.2, 0.25) is 0 Å². The van der Waals surface area contributed by atoms with Crippen LogP contribution < -0.4 is 0 Å². The van der Waals surface area contributed by atoms with Gasteiger partial charge in [-0.25, -0.2) is 19.3 Å². The predicted molar refractivity (Wildman–Crippen MR) is 82.5 cm³/mol. The molecule has 0 atom stereocenters. The number of carbonyl (C=O) groups excluding carboxylic acids is 2. The molecule has 1 aromatic heterocycles. The van der Waals surface area contributed by atoms with E-state index in [-0.39, 0.29) is 12.4 Å². The van der Waals surface area contributed by atoms with Gasteiger partial charge in [0.05, 0.1) is 18.4 Å². The third kappa shape index (κ3) is 3.63. The van der Waals surface area contributed by atoms with E-state index in [1.807, 2.05) is 0 Å². The topological polar surface area (TPSA) is 83.3 Å². The van der Waals surface area contributed by atoms with E-state index < -0.39 is 11.9 Å². The number of nitrogens with zero attached hydrogens (tertiary/aromatic N) is 3. The summed E-state index contributed by atoms with van der Waals surface area (Å²) < 4.78 is 11.2. The van der Waals surface area contributed by atoms with Crippen molar-refractivity contribution in [2.75, 3.05) is 13.7 Å². The van der Waals surface area contributed by atoms with Gasteiger partial charge < -0.3 is 9.47 Å². The molecule has 23 heavy (non-hydrogen) atoms. The lowest BCUT2D eigenvalue weighted by Crippen LogP contribution is -2.12. The average molecular weight is 315 g/mol. The number of esters is 2. The molecule has 1 aromatic carbocycles. The van der Waals surface area contributed by atoms with Gasteiger partial charge >= 0.3 is 11.9 Å². The highest BCUT2D eigenvalue weighted by atomic mass is 16.5. The minimum atomic E-state index is -0.644. The Morgan fingerprint density at radius 2 is 1.96 bits per heavy atom. The summed E-state index contributed by atoms with van der Waals surface area (Å²) in [4.78, 5) is 27.8. The van der Waals surface area contributed by atoms with E-state index in [4.69, 9.17) is 4.74 Å². The van der Waals surface area contributed by atoms with Crippen LogP contribution >= 0.6 is 0 Å². The lowest BCUT2D eigenvalue weighted by atomic mass is 10.2. The maximum absolute atomic E-state index is 12.2. The van der Waals surface area contributed by atoms with Crippen LogP contribution in [0.5, 0.6) is 0 Å². The van der Waals surface area contributed by atoms with Gasteiger partial charge in [-0.15, -0.1) is 5.10 Å². The smallest absolute Gasteiger partial charge is 0.377 e. The van der Waals surface area contributed by atoms with Gasteiger partial charge in [0.15, 0.2) is 0 Å². The first kappa shape index (κ1) is 16.4. The second-order valence-corrected chi connectivity index (χ2v) is 4.94. The van der Waals surface area contributed by atoms with Gasteiger partial charge in [-0.1, -0.05) is 18.7 Å². The van der Waals surface area contributed by atoms with E-state index in [0.29, 0.717) is 17.1 Å². The Morgan fingerprint density at radius 3 is 2.61 bits per heavy atom. The molecule has 7 nitrogen and oxygen atoms in total. The molecule has 1 heterocycles. The molecule has 0 spiro atoms. The van der Waals surface area contributed by atoms with Crippen LogP contribution in [0.15, 0.2) is 36.4 Å². The molecule has 0 saturated heterocycles. The van der Waals surface area contributed by atoms with Crippen molar-refractivity contribution in [1.82, 2.24) is 14.8 Å². The van der Waals surface area contributed by atoms with Crippen molar-refractivity contribution in [3.05, 3.63) is 53.6 Å². The van der Waals surface area contributed by atoms with Crippen molar-refractivity contribution < 1.29 is 19.1 Å². The van der Waals surface area contributed by atoms with E-state index >= 15 is 0 Å². The summed E-state index contributed by atoms with van der Waals surface area (Å²) in [6, 6.07) is 6.78. The van der Waals surface area contributed by atoms with Crippen LogP contribution in [0.3, 0.4) is 0 Å². The van der Waals surface area contributed by atoms with Crippen LogP contribution in [0.4, 0.5) is 0 Å². The van der Waals surface area contributed by atoms with E-state index in [2.05, 4.69) is 21.4 Å². The van der Waals surface area contributed by atoms with Crippen molar-refractivity contribution in [2.24, 2.45) is 0 Å². The number of hydrogen-bond donors (Lipinski definition) is 0. The molecule has 0 aliphatic rings. The Balaban J connectivity index is 2.41. The summed E-state index contributed by atoms with van der Waals surface area (Å²) in [7, 11) is 1.25. The molecule has 2 aromatic rings.